The zero-order valence-corrected chi connectivity index (χ0v) is 21.6. The Hall–Kier alpha value is -4.24. The van der Waals surface area contributed by atoms with Gasteiger partial charge in [-0.3, -0.25) is 24.2 Å². The number of hydrogen-bond donors (Lipinski definition) is 9. The second-order valence-corrected chi connectivity index (χ2v) is 8.86. The van der Waals surface area contributed by atoms with Crippen LogP contribution in [-0.4, -0.2) is 87.8 Å². The van der Waals surface area contributed by atoms with E-state index < -0.39 is 72.8 Å². The molecule has 5 atom stereocenters. The van der Waals surface area contributed by atoms with E-state index in [0.29, 0.717) is 12.0 Å². The number of nitrogens with one attached hydrogen (secondary N) is 3. The first kappa shape index (κ1) is 32.8. The molecule has 216 valence electrons. The maximum absolute atomic E-state index is 13.2. The Kier molecular flexibility index (Phi) is 13.9. The van der Waals surface area contributed by atoms with Crippen LogP contribution >= 0.6 is 0 Å². The molecule has 15 heteroatoms. The molecule has 0 aliphatic carbocycles. The number of nitrogens with two attached hydrogens (primary N) is 3. The van der Waals surface area contributed by atoms with Crippen molar-refractivity contribution in [2.45, 2.75) is 69.3 Å². The van der Waals surface area contributed by atoms with E-state index in [1.807, 2.05) is 0 Å². The summed E-state index contributed by atoms with van der Waals surface area (Å²) in [5.74, 6) is -5.36. The van der Waals surface area contributed by atoms with Crippen molar-refractivity contribution in [1.82, 2.24) is 16.0 Å². The highest BCUT2D eigenvalue weighted by Gasteiger charge is 2.33. The van der Waals surface area contributed by atoms with Crippen molar-refractivity contribution in [3.8, 4) is 0 Å². The maximum atomic E-state index is 13.2. The minimum atomic E-state index is -1.60. The average molecular weight is 552 g/mol. The average Bonchev–Trinajstić information content (AvgIpc) is 2.86. The van der Waals surface area contributed by atoms with Gasteiger partial charge in [-0.05, 0) is 31.7 Å². The van der Waals surface area contributed by atoms with Gasteiger partial charge in [0.1, 0.15) is 18.1 Å². The molecule has 39 heavy (non-hydrogen) atoms. The van der Waals surface area contributed by atoms with Crippen LogP contribution in [0.25, 0.3) is 0 Å². The van der Waals surface area contributed by atoms with Crippen LogP contribution in [0.3, 0.4) is 0 Å². The lowest BCUT2D eigenvalue weighted by molar-refractivity contribution is -0.144. The third-order valence-corrected chi connectivity index (χ3v) is 5.54. The van der Waals surface area contributed by atoms with Crippen molar-refractivity contribution >= 4 is 35.6 Å². The van der Waals surface area contributed by atoms with E-state index in [0.717, 1.165) is 0 Å². The van der Waals surface area contributed by atoms with E-state index in [1.54, 1.807) is 30.3 Å². The number of nitrogens with zero attached hydrogens (tertiary/aromatic N) is 1. The molecule has 15 nitrogen and oxygen atoms in total. The van der Waals surface area contributed by atoms with Crippen LogP contribution in [-0.2, 0) is 30.4 Å². The lowest BCUT2D eigenvalue weighted by Gasteiger charge is -2.26. The highest BCUT2D eigenvalue weighted by atomic mass is 16.4. The van der Waals surface area contributed by atoms with Gasteiger partial charge in [-0.1, -0.05) is 30.3 Å². The second kappa shape index (κ2) is 16.6. The molecule has 0 radical (unpaired) electrons. The van der Waals surface area contributed by atoms with Gasteiger partial charge in [-0.15, -0.1) is 0 Å². The van der Waals surface area contributed by atoms with E-state index >= 15 is 0 Å². The lowest BCUT2D eigenvalue weighted by Crippen LogP contribution is -2.60. The first-order chi connectivity index (χ1) is 18.3. The van der Waals surface area contributed by atoms with Crippen LogP contribution in [0.1, 0.15) is 38.2 Å². The van der Waals surface area contributed by atoms with Gasteiger partial charge in [-0.2, -0.15) is 0 Å². The van der Waals surface area contributed by atoms with E-state index in [1.165, 1.54) is 6.92 Å². The SMILES string of the molecule is CC(O)C(NC(=O)C(Cc1ccccc1)NC(=O)C(N)CCCN=C(N)N)C(=O)NC(CCC(=O)O)C(=O)O. The summed E-state index contributed by atoms with van der Waals surface area (Å²) in [7, 11) is 0. The van der Waals surface area contributed by atoms with Crippen LogP contribution < -0.4 is 33.2 Å². The van der Waals surface area contributed by atoms with Gasteiger partial charge < -0.3 is 48.5 Å². The van der Waals surface area contributed by atoms with E-state index in [2.05, 4.69) is 20.9 Å². The molecule has 0 bridgehead atoms. The standard InChI is InChI=1S/C24H37N7O8/c1-13(32)19(22(37)29-16(23(38)39)9-10-18(33)34)31-21(36)17(12-14-6-3-2-4-7-14)30-20(35)15(25)8-5-11-28-24(26)27/h2-4,6-7,13,15-17,19,32H,5,8-12,25H2,1H3,(H,29,37)(H,30,35)(H,31,36)(H,33,34)(H,38,39)(H4,26,27,28). The molecule has 0 aromatic heterocycles. The zero-order valence-electron chi connectivity index (χ0n) is 21.6. The number of hydrogen-bond acceptors (Lipinski definition) is 8. The topological polar surface area (TPSA) is 273 Å². The molecule has 0 spiro atoms. The molecule has 0 saturated heterocycles. The smallest absolute Gasteiger partial charge is 0.326 e. The Morgan fingerprint density at radius 1 is 0.897 bits per heavy atom. The summed E-state index contributed by atoms with van der Waals surface area (Å²) in [6, 6.07) is 3.30. The fourth-order valence-electron chi connectivity index (χ4n) is 3.43. The van der Waals surface area contributed by atoms with E-state index in [9.17, 15) is 34.2 Å². The highest BCUT2D eigenvalue weighted by molar-refractivity contribution is 5.94. The lowest BCUT2D eigenvalue weighted by atomic mass is 10.0. The summed E-state index contributed by atoms with van der Waals surface area (Å²) >= 11 is 0. The van der Waals surface area contributed by atoms with Crippen LogP contribution in [0.5, 0.6) is 0 Å². The van der Waals surface area contributed by atoms with Gasteiger partial charge in [0.05, 0.1) is 12.1 Å². The monoisotopic (exact) mass is 551 g/mol. The molecule has 1 rings (SSSR count). The molecule has 1 aromatic rings. The summed E-state index contributed by atoms with van der Waals surface area (Å²) in [4.78, 5) is 64.7. The first-order valence-electron chi connectivity index (χ1n) is 12.2. The predicted molar refractivity (Wildman–Crippen MR) is 140 cm³/mol. The summed E-state index contributed by atoms with van der Waals surface area (Å²) in [5, 5.41) is 35.3. The first-order valence-corrected chi connectivity index (χ1v) is 12.2. The molecule has 0 saturated carbocycles. The summed E-state index contributed by atoms with van der Waals surface area (Å²) in [5.41, 5.74) is 17.2. The van der Waals surface area contributed by atoms with Gasteiger partial charge in [-0.25, -0.2) is 4.79 Å². The number of carbonyl (C=O) groups excluding carboxylic acids is 3. The summed E-state index contributed by atoms with van der Waals surface area (Å²) in [6.07, 6.45) is -1.77. The quantitative estimate of drug-likeness (QED) is 0.0549. The molecule has 12 N–H and O–H groups in total. The number of carboxylic acid groups (broad SMARTS) is 2. The van der Waals surface area contributed by atoms with Gasteiger partial charge in [0.15, 0.2) is 5.96 Å². The van der Waals surface area contributed by atoms with E-state index in [-0.39, 0.29) is 25.3 Å². The molecular weight excluding hydrogens is 514 g/mol. The van der Waals surface area contributed by atoms with Crippen molar-refractivity contribution in [3.05, 3.63) is 35.9 Å². The fraction of sp³-hybridized carbons (Fsp3) is 0.500. The van der Waals surface area contributed by atoms with Gasteiger partial charge >= 0.3 is 11.9 Å². The number of aliphatic hydroxyl groups excluding tert-OH is 1. The minimum Gasteiger partial charge on any atom is -0.481 e. The van der Waals surface area contributed by atoms with Crippen molar-refractivity contribution in [2.75, 3.05) is 6.54 Å². The number of aliphatic carboxylic acids is 2. The van der Waals surface area contributed by atoms with Crippen molar-refractivity contribution in [2.24, 2.45) is 22.2 Å². The Morgan fingerprint density at radius 3 is 2.05 bits per heavy atom. The number of aliphatic hydroxyl groups is 1. The Bertz CT molecular complexity index is 1010. The highest BCUT2D eigenvalue weighted by Crippen LogP contribution is 2.07. The summed E-state index contributed by atoms with van der Waals surface area (Å²) in [6.45, 7) is 1.46. The minimum absolute atomic E-state index is 0.0175. The fourth-order valence-corrected chi connectivity index (χ4v) is 3.43. The largest absolute Gasteiger partial charge is 0.481 e. The molecule has 1 aromatic carbocycles. The van der Waals surface area contributed by atoms with Crippen LogP contribution in [0.15, 0.2) is 35.3 Å². The Morgan fingerprint density at radius 2 is 1.51 bits per heavy atom. The third kappa shape index (κ3) is 12.7. The van der Waals surface area contributed by atoms with Crippen molar-refractivity contribution < 1.29 is 39.3 Å². The number of aliphatic imine (C=N–C) groups is 1. The van der Waals surface area contributed by atoms with Crippen molar-refractivity contribution in [1.29, 1.82) is 0 Å². The third-order valence-electron chi connectivity index (χ3n) is 5.54. The van der Waals surface area contributed by atoms with Gasteiger partial charge in [0.2, 0.25) is 17.7 Å². The number of rotatable bonds is 17. The zero-order chi connectivity index (χ0) is 29.5. The molecule has 0 fully saturated rings. The van der Waals surface area contributed by atoms with Gasteiger partial charge in [0.25, 0.3) is 0 Å². The number of guanidine groups is 1. The molecule has 0 aliphatic heterocycles. The Balaban J connectivity index is 3.01. The number of carboxylic acids is 2. The van der Waals surface area contributed by atoms with Crippen LogP contribution in [0.2, 0.25) is 0 Å². The number of amides is 3. The summed E-state index contributed by atoms with van der Waals surface area (Å²) < 4.78 is 0. The molecular formula is C24H37N7O8. The molecule has 0 aliphatic rings. The number of carbonyl (C=O) groups is 5. The molecule has 3 amide bonds. The maximum Gasteiger partial charge on any atom is 0.326 e. The van der Waals surface area contributed by atoms with Crippen molar-refractivity contribution in [3.63, 3.8) is 0 Å². The molecule has 5 unspecified atom stereocenters. The second-order valence-electron chi connectivity index (χ2n) is 8.86. The predicted octanol–water partition coefficient (Wildman–Crippen LogP) is -2.61. The number of benzene rings is 1. The van der Waals surface area contributed by atoms with Crippen LogP contribution in [0, 0.1) is 0 Å². The molecule has 0 heterocycles. The van der Waals surface area contributed by atoms with Gasteiger partial charge in [0, 0.05) is 19.4 Å². The Labute approximate surface area is 225 Å². The van der Waals surface area contributed by atoms with E-state index in [4.69, 9.17) is 22.3 Å². The van der Waals surface area contributed by atoms with Crippen LogP contribution in [0.4, 0.5) is 0 Å². The normalized spacial score (nSPS) is 14.5.